The van der Waals surface area contributed by atoms with Crippen LogP contribution in [0.5, 0.6) is 0 Å². The van der Waals surface area contributed by atoms with Gasteiger partial charge in [0.2, 0.25) is 0 Å². The number of aromatic nitrogens is 7. The summed E-state index contributed by atoms with van der Waals surface area (Å²) in [5.74, 6) is 0.653. The van der Waals surface area contributed by atoms with E-state index < -0.39 is 0 Å². The number of hydrogen-bond donors (Lipinski definition) is 0. The molecule has 0 aliphatic heterocycles. The van der Waals surface area contributed by atoms with E-state index in [0.29, 0.717) is 11.5 Å². The van der Waals surface area contributed by atoms with Gasteiger partial charge in [-0.3, -0.25) is 0 Å². The zero-order chi connectivity index (χ0) is 10.3. The van der Waals surface area contributed by atoms with Gasteiger partial charge in [-0.25, -0.2) is 4.68 Å². The summed E-state index contributed by atoms with van der Waals surface area (Å²) < 4.78 is 3.73. The molecule has 0 fully saturated rings. The standard InChI is InChI=1S/C7H4BrN7/c8-5-3-4-14(10-5)7-2-1-6-9-12-13-15(6)11-7/h1-4H. The topological polar surface area (TPSA) is 73.8 Å². The van der Waals surface area contributed by atoms with E-state index in [1.807, 2.05) is 6.07 Å². The predicted molar refractivity (Wildman–Crippen MR) is 53.4 cm³/mol. The second-order valence-electron chi connectivity index (χ2n) is 2.80. The highest BCUT2D eigenvalue weighted by atomic mass is 79.9. The van der Waals surface area contributed by atoms with E-state index in [2.05, 4.69) is 41.7 Å². The number of hydrogen-bond acceptors (Lipinski definition) is 5. The first-order valence-corrected chi connectivity index (χ1v) is 4.89. The Morgan fingerprint density at radius 1 is 1.13 bits per heavy atom. The first-order valence-electron chi connectivity index (χ1n) is 4.10. The number of halogens is 1. The van der Waals surface area contributed by atoms with Crippen LogP contribution in [0.2, 0.25) is 0 Å². The molecule has 0 saturated carbocycles. The molecule has 3 heterocycles. The number of rotatable bonds is 1. The van der Waals surface area contributed by atoms with Crippen LogP contribution < -0.4 is 0 Å². The lowest BCUT2D eigenvalue weighted by atomic mass is 10.5. The van der Waals surface area contributed by atoms with Crippen LogP contribution in [-0.2, 0) is 0 Å². The van der Waals surface area contributed by atoms with Gasteiger partial charge in [0.15, 0.2) is 11.5 Å². The Morgan fingerprint density at radius 3 is 2.87 bits per heavy atom. The normalized spacial score (nSPS) is 11.0. The Labute approximate surface area is 91.8 Å². The van der Waals surface area contributed by atoms with Gasteiger partial charge in [0.1, 0.15) is 4.60 Å². The minimum atomic E-state index is 0.602. The van der Waals surface area contributed by atoms with Crippen LogP contribution in [0, 0.1) is 0 Å². The van der Waals surface area contributed by atoms with Gasteiger partial charge in [-0.1, -0.05) is 0 Å². The summed E-state index contributed by atoms with van der Waals surface area (Å²) in [6, 6.07) is 5.40. The Balaban J connectivity index is 2.18. The summed E-state index contributed by atoms with van der Waals surface area (Å²) in [6.45, 7) is 0. The largest absolute Gasteiger partial charge is 0.220 e. The molecule has 0 radical (unpaired) electrons. The van der Waals surface area contributed by atoms with Crippen LogP contribution in [0.25, 0.3) is 11.5 Å². The Kier molecular flexibility index (Phi) is 1.75. The smallest absolute Gasteiger partial charge is 0.200 e. The highest BCUT2D eigenvalue weighted by Gasteiger charge is 2.03. The number of fused-ring (bicyclic) bond motifs is 1. The van der Waals surface area contributed by atoms with Crippen molar-refractivity contribution in [1.82, 2.24) is 35.0 Å². The Morgan fingerprint density at radius 2 is 2.07 bits per heavy atom. The van der Waals surface area contributed by atoms with Crippen LogP contribution in [0.1, 0.15) is 0 Å². The molecule has 0 saturated heterocycles. The molecule has 0 N–H and O–H groups in total. The van der Waals surface area contributed by atoms with Gasteiger partial charge in [-0.2, -0.15) is 5.10 Å². The second kappa shape index (κ2) is 3.09. The second-order valence-corrected chi connectivity index (χ2v) is 3.61. The quantitative estimate of drug-likeness (QED) is 0.640. The lowest BCUT2D eigenvalue weighted by molar-refractivity contribution is 0.701. The highest BCUT2D eigenvalue weighted by Crippen LogP contribution is 2.08. The monoisotopic (exact) mass is 265 g/mol. The fourth-order valence-electron chi connectivity index (χ4n) is 1.19. The highest BCUT2D eigenvalue weighted by molar-refractivity contribution is 9.10. The van der Waals surface area contributed by atoms with Gasteiger partial charge >= 0.3 is 0 Å². The Hall–Kier alpha value is -1.83. The molecule has 3 rings (SSSR count). The van der Waals surface area contributed by atoms with Crippen molar-refractivity contribution in [3.05, 3.63) is 29.0 Å². The zero-order valence-electron chi connectivity index (χ0n) is 7.32. The third-order valence-electron chi connectivity index (χ3n) is 1.85. The van der Waals surface area contributed by atoms with Crippen molar-refractivity contribution in [1.29, 1.82) is 0 Å². The molecule has 0 spiro atoms. The van der Waals surface area contributed by atoms with Gasteiger partial charge in [0.05, 0.1) is 0 Å². The summed E-state index contributed by atoms with van der Waals surface area (Å²) >= 11 is 3.26. The van der Waals surface area contributed by atoms with Gasteiger partial charge < -0.3 is 0 Å². The van der Waals surface area contributed by atoms with Crippen molar-refractivity contribution in [2.75, 3.05) is 0 Å². The van der Waals surface area contributed by atoms with E-state index in [9.17, 15) is 0 Å². The average molecular weight is 266 g/mol. The fourth-order valence-corrected chi connectivity index (χ4v) is 1.48. The first kappa shape index (κ1) is 8.48. The molecule has 0 aliphatic carbocycles. The number of nitrogens with zero attached hydrogens (tertiary/aromatic N) is 7. The SMILES string of the molecule is Brc1ccn(-c2ccc3nnnn3n2)n1. The molecule has 3 aromatic rings. The van der Waals surface area contributed by atoms with E-state index in [1.165, 1.54) is 4.63 Å². The van der Waals surface area contributed by atoms with E-state index in [4.69, 9.17) is 0 Å². The van der Waals surface area contributed by atoms with E-state index in [0.717, 1.165) is 4.60 Å². The third kappa shape index (κ3) is 1.38. The van der Waals surface area contributed by atoms with Crippen LogP contribution in [0.3, 0.4) is 0 Å². The lowest BCUT2D eigenvalue weighted by Gasteiger charge is -1.98. The average Bonchev–Trinajstić information content (AvgIpc) is 2.84. The minimum absolute atomic E-state index is 0.602. The fraction of sp³-hybridized carbons (Fsp3) is 0. The van der Waals surface area contributed by atoms with Gasteiger partial charge in [0.25, 0.3) is 0 Å². The summed E-state index contributed by atoms with van der Waals surface area (Å²) in [5, 5.41) is 19.3. The summed E-state index contributed by atoms with van der Waals surface area (Å²) in [6.07, 6.45) is 1.79. The molecule has 0 aromatic carbocycles. The Bertz CT molecular complexity index is 612. The van der Waals surface area contributed by atoms with Crippen molar-refractivity contribution in [2.45, 2.75) is 0 Å². The molecule has 3 aromatic heterocycles. The molecule has 8 heteroatoms. The van der Waals surface area contributed by atoms with Gasteiger partial charge in [-0.05, 0) is 44.6 Å². The summed E-state index contributed by atoms with van der Waals surface area (Å²) in [4.78, 5) is 0. The van der Waals surface area contributed by atoms with Crippen molar-refractivity contribution < 1.29 is 0 Å². The molecular weight excluding hydrogens is 262 g/mol. The van der Waals surface area contributed by atoms with Gasteiger partial charge in [-0.15, -0.1) is 14.8 Å². The van der Waals surface area contributed by atoms with Crippen LogP contribution in [-0.4, -0.2) is 35.0 Å². The van der Waals surface area contributed by atoms with Crippen LogP contribution in [0.15, 0.2) is 29.0 Å². The first-order chi connectivity index (χ1) is 7.33. The zero-order valence-corrected chi connectivity index (χ0v) is 8.90. The maximum absolute atomic E-state index is 4.18. The maximum Gasteiger partial charge on any atom is 0.200 e. The molecule has 0 aliphatic rings. The maximum atomic E-state index is 4.18. The molecule has 15 heavy (non-hydrogen) atoms. The van der Waals surface area contributed by atoms with Crippen molar-refractivity contribution in [3.63, 3.8) is 0 Å². The molecule has 0 unspecified atom stereocenters. The lowest BCUT2D eigenvalue weighted by Crippen LogP contribution is -2.03. The predicted octanol–water partition coefficient (Wildman–Crippen LogP) is 0.467. The van der Waals surface area contributed by atoms with Crippen molar-refractivity contribution in [2.24, 2.45) is 0 Å². The molecule has 7 nitrogen and oxygen atoms in total. The third-order valence-corrected chi connectivity index (χ3v) is 2.27. The van der Waals surface area contributed by atoms with Crippen molar-refractivity contribution in [3.8, 4) is 5.82 Å². The summed E-state index contributed by atoms with van der Waals surface area (Å²) in [7, 11) is 0. The molecule has 0 atom stereocenters. The van der Waals surface area contributed by atoms with Gasteiger partial charge in [0, 0.05) is 6.20 Å². The molecule has 0 amide bonds. The van der Waals surface area contributed by atoms with E-state index in [-0.39, 0.29) is 0 Å². The van der Waals surface area contributed by atoms with E-state index >= 15 is 0 Å². The molecule has 74 valence electrons. The number of tetrazole rings is 1. The van der Waals surface area contributed by atoms with Crippen molar-refractivity contribution >= 4 is 21.6 Å². The van der Waals surface area contributed by atoms with Crippen LogP contribution >= 0.6 is 15.9 Å². The summed E-state index contributed by atoms with van der Waals surface area (Å²) in [5.41, 5.74) is 0.602. The molecular formula is C7H4BrN7. The van der Waals surface area contributed by atoms with Crippen LogP contribution in [0.4, 0.5) is 0 Å². The van der Waals surface area contributed by atoms with E-state index in [1.54, 1.807) is 23.0 Å². The minimum Gasteiger partial charge on any atom is -0.220 e. The molecule has 0 bridgehead atoms.